The predicted molar refractivity (Wildman–Crippen MR) is 111 cm³/mol. The number of thiazole rings is 1. The van der Waals surface area contributed by atoms with Gasteiger partial charge in [-0.3, -0.25) is 4.99 Å². The first-order chi connectivity index (χ1) is 13.5. The highest BCUT2D eigenvalue weighted by Gasteiger charge is 2.10. The highest BCUT2D eigenvalue weighted by Crippen LogP contribution is 2.26. The molecule has 0 saturated heterocycles. The molecule has 3 rings (SSSR count). The van der Waals surface area contributed by atoms with Gasteiger partial charge in [-0.2, -0.15) is 0 Å². The summed E-state index contributed by atoms with van der Waals surface area (Å²) in [5, 5.41) is 7.96. The summed E-state index contributed by atoms with van der Waals surface area (Å²) in [6, 6.07) is 13.1. The summed E-state index contributed by atoms with van der Waals surface area (Å²) in [6.07, 6.45) is 0. The van der Waals surface area contributed by atoms with Crippen LogP contribution in [-0.2, 0) is 6.54 Å². The van der Waals surface area contributed by atoms with Crippen molar-refractivity contribution in [3.05, 3.63) is 59.2 Å². The predicted octanol–water partition coefficient (Wildman–Crippen LogP) is 3.10. The van der Waals surface area contributed by atoms with Gasteiger partial charge in [0.2, 0.25) is 0 Å². The summed E-state index contributed by atoms with van der Waals surface area (Å²) in [5.74, 6) is 1.77. The van der Waals surface area contributed by atoms with Crippen molar-refractivity contribution in [1.82, 2.24) is 10.3 Å². The summed E-state index contributed by atoms with van der Waals surface area (Å²) in [4.78, 5) is 19.6. The Balaban J connectivity index is 1.57. The lowest BCUT2D eigenvalue weighted by atomic mass is 10.0. The molecule has 0 aliphatic carbocycles. The number of hydrogen-bond acceptors (Lipinski definition) is 5. The van der Waals surface area contributed by atoms with Crippen LogP contribution < -0.4 is 22.1 Å². The van der Waals surface area contributed by atoms with E-state index in [4.69, 9.17) is 15.9 Å². The number of nitrogens with one attached hydrogen (secondary N) is 2. The summed E-state index contributed by atoms with van der Waals surface area (Å²) in [7, 11) is 0. The molecule has 0 radical (unpaired) electrons. The van der Waals surface area contributed by atoms with Crippen molar-refractivity contribution in [2.24, 2.45) is 16.5 Å². The molecular formula is C19H22N6O2S. The molecule has 2 amide bonds. The van der Waals surface area contributed by atoms with Gasteiger partial charge < -0.3 is 26.5 Å². The lowest BCUT2D eigenvalue weighted by Gasteiger charge is -2.09. The average molecular weight is 398 g/mol. The second-order valence-corrected chi connectivity index (χ2v) is 7.04. The summed E-state index contributed by atoms with van der Waals surface area (Å²) < 4.78 is 5.65. The standard InChI is InChI=1S/C19H22N6O2S/c1-12(13-5-3-2-4-6-13)9-22-17(20)25-19-24-15(11-28-19)16-8-7-14(27-16)10-23-18(21)26/h2-8,11-12H,9-10H2,1H3,(H3,21,23,26)(H3,20,22,24,25). The Kier molecular flexibility index (Phi) is 6.28. The molecule has 1 aromatic carbocycles. The van der Waals surface area contributed by atoms with Crippen LogP contribution in [0.4, 0.5) is 9.93 Å². The number of anilines is 1. The molecule has 0 aliphatic rings. The number of carbonyl (C=O) groups excluding carboxylic acids is 1. The minimum absolute atomic E-state index is 0.226. The maximum absolute atomic E-state index is 10.8. The number of guanidine groups is 1. The highest BCUT2D eigenvalue weighted by atomic mass is 32.1. The zero-order valence-corrected chi connectivity index (χ0v) is 16.2. The van der Waals surface area contributed by atoms with Gasteiger partial charge in [-0.05, 0) is 17.7 Å². The van der Waals surface area contributed by atoms with Crippen molar-refractivity contribution >= 4 is 28.5 Å². The van der Waals surface area contributed by atoms with Crippen LogP contribution in [0, 0.1) is 0 Å². The minimum Gasteiger partial charge on any atom is -0.458 e. The Morgan fingerprint density at radius 2 is 2.04 bits per heavy atom. The fourth-order valence-electron chi connectivity index (χ4n) is 2.50. The van der Waals surface area contributed by atoms with E-state index in [0.29, 0.717) is 34.9 Å². The van der Waals surface area contributed by atoms with Gasteiger partial charge in [-0.1, -0.05) is 37.3 Å². The quantitative estimate of drug-likeness (QED) is 0.359. The number of primary amides is 1. The highest BCUT2D eigenvalue weighted by molar-refractivity contribution is 7.14. The Labute approximate surface area is 166 Å². The molecule has 146 valence electrons. The number of nitrogens with two attached hydrogens (primary N) is 2. The molecule has 8 nitrogen and oxygen atoms in total. The van der Waals surface area contributed by atoms with E-state index in [0.717, 1.165) is 0 Å². The first kappa shape index (κ1) is 19.4. The van der Waals surface area contributed by atoms with Crippen LogP contribution in [0.1, 0.15) is 24.2 Å². The van der Waals surface area contributed by atoms with Crippen molar-refractivity contribution in [3.8, 4) is 11.5 Å². The van der Waals surface area contributed by atoms with Gasteiger partial charge in [0.05, 0.1) is 6.54 Å². The lowest BCUT2D eigenvalue weighted by molar-refractivity contribution is 0.247. The van der Waals surface area contributed by atoms with Crippen LogP contribution in [0.2, 0.25) is 0 Å². The molecule has 6 N–H and O–H groups in total. The Hall–Kier alpha value is -3.33. The van der Waals surface area contributed by atoms with Crippen LogP contribution >= 0.6 is 11.3 Å². The monoisotopic (exact) mass is 398 g/mol. The largest absolute Gasteiger partial charge is 0.458 e. The Morgan fingerprint density at radius 1 is 1.25 bits per heavy atom. The molecule has 0 spiro atoms. The van der Waals surface area contributed by atoms with Crippen LogP contribution in [0.15, 0.2) is 57.3 Å². The van der Waals surface area contributed by atoms with Crippen LogP contribution in [0.3, 0.4) is 0 Å². The van der Waals surface area contributed by atoms with E-state index in [9.17, 15) is 4.79 Å². The molecule has 3 aromatic rings. The topological polar surface area (TPSA) is 132 Å². The Morgan fingerprint density at radius 3 is 2.79 bits per heavy atom. The van der Waals surface area contributed by atoms with E-state index in [-0.39, 0.29) is 12.5 Å². The molecule has 28 heavy (non-hydrogen) atoms. The number of nitrogens with zero attached hydrogens (tertiary/aromatic N) is 2. The summed E-state index contributed by atoms with van der Waals surface area (Å²) in [6.45, 7) is 2.91. The van der Waals surface area contributed by atoms with Gasteiger partial charge in [0.15, 0.2) is 16.9 Å². The molecule has 0 bridgehead atoms. The maximum atomic E-state index is 10.8. The number of amides is 2. The molecule has 0 aliphatic heterocycles. The fourth-order valence-corrected chi connectivity index (χ4v) is 3.21. The van der Waals surface area contributed by atoms with E-state index in [1.807, 2.05) is 23.6 Å². The lowest BCUT2D eigenvalue weighted by Crippen LogP contribution is -2.28. The number of urea groups is 1. The van der Waals surface area contributed by atoms with Gasteiger partial charge in [-0.25, -0.2) is 9.78 Å². The first-order valence-corrected chi connectivity index (χ1v) is 9.59. The second kappa shape index (κ2) is 9.05. The second-order valence-electron chi connectivity index (χ2n) is 6.18. The molecule has 1 unspecified atom stereocenters. The molecule has 9 heteroatoms. The van der Waals surface area contributed by atoms with Gasteiger partial charge in [-0.15, -0.1) is 11.3 Å². The third kappa shape index (κ3) is 5.34. The SMILES string of the molecule is CC(CN=C(N)Nc1nc(-c2ccc(CNC(N)=O)o2)cs1)c1ccccc1. The third-order valence-corrected chi connectivity index (χ3v) is 4.75. The third-order valence-electron chi connectivity index (χ3n) is 3.99. The smallest absolute Gasteiger partial charge is 0.312 e. The number of hydrogen-bond donors (Lipinski definition) is 4. The average Bonchev–Trinajstić information content (AvgIpc) is 3.34. The minimum atomic E-state index is -0.602. The van der Waals surface area contributed by atoms with Gasteiger partial charge >= 0.3 is 6.03 Å². The first-order valence-electron chi connectivity index (χ1n) is 8.71. The number of carbonyl (C=O) groups is 1. The van der Waals surface area contributed by atoms with Crippen LogP contribution in [-0.4, -0.2) is 23.5 Å². The maximum Gasteiger partial charge on any atom is 0.312 e. The van der Waals surface area contributed by atoms with E-state index >= 15 is 0 Å². The Bertz CT molecular complexity index is 950. The van der Waals surface area contributed by atoms with Crippen molar-refractivity contribution in [1.29, 1.82) is 0 Å². The van der Waals surface area contributed by atoms with Crippen molar-refractivity contribution < 1.29 is 9.21 Å². The normalized spacial score (nSPS) is 12.5. The molecule has 0 fully saturated rings. The molecule has 2 aromatic heterocycles. The van der Waals surface area contributed by atoms with Crippen molar-refractivity contribution in [2.45, 2.75) is 19.4 Å². The number of aliphatic imine (C=N–C) groups is 1. The molecule has 2 heterocycles. The van der Waals surface area contributed by atoms with Crippen molar-refractivity contribution in [3.63, 3.8) is 0 Å². The zero-order chi connectivity index (χ0) is 19.9. The van der Waals surface area contributed by atoms with Gasteiger partial charge in [0.1, 0.15) is 11.5 Å². The number of aromatic nitrogens is 1. The summed E-state index contributed by atoms with van der Waals surface area (Å²) >= 11 is 1.40. The summed E-state index contributed by atoms with van der Waals surface area (Å²) in [5.41, 5.74) is 12.9. The number of furan rings is 1. The fraction of sp³-hybridized carbons (Fsp3) is 0.211. The van der Waals surface area contributed by atoms with E-state index < -0.39 is 6.03 Å². The number of benzene rings is 1. The van der Waals surface area contributed by atoms with Crippen LogP contribution in [0.5, 0.6) is 0 Å². The zero-order valence-electron chi connectivity index (χ0n) is 15.4. The molecule has 0 saturated carbocycles. The molecule has 1 atom stereocenters. The van der Waals surface area contributed by atoms with E-state index in [2.05, 4.69) is 39.7 Å². The van der Waals surface area contributed by atoms with Gasteiger partial charge in [0.25, 0.3) is 0 Å². The van der Waals surface area contributed by atoms with Crippen LogP contribution in [0.25, 0.3) is 11.5 Å². The van der Waals surface area contributed by atoms with Crippen molar-refractivity contribution in [2.75, 3.05) is 11.9 Å². The number of rotatable bonds is 7. The van der Waals surface area contributed by atoms with E-state index in [1.54, 1.807) is 12.1 Å². The molecular weight excluding hydrogens is 376 g/mol. The van der Waals surface area contributed by atoms with E-state index in [1.165, 1.54) is 16.9 Å². The van der Waals surface area contributed by atoms with Gasteiger partial charge in [0, 0.05) is 17.8 Å².